The number of aliphatic hydroxyl groups excluding tert-OH is 8. The van der Waals surface area contributed by atoms with E-state index in [9.17, 15) is 45.6 Å². The van der Waals surface area contributed by atoms with E-state index in [-0.39, 0.29) is 18.9 Å². The maximum Gasteiger partial charge on any atom is 0.220 e. The lowest BCUT2D eigenvalue weighted by molar-refractivity contribution is -0.359. The average molecular weight is 1300 g/mol. The van der Waals surface area contributed by atoms with E-state index in [0.29, 0.717) is 12.8 Å². The lowest BCUT2D eigenvalue weighted by atomic mass is 9.97. The number of hydrogen-bond acceptors (Lipinski definition) is 13. The first kappa shape index (κ1) is 85.0. The van der Waals surface area contributed by atoms with Crippen LogP contribution >= 0.6 is 0 Å². The molecular weight excluding hydrogens is 1160 g/mol. The number of carbonyl (C=O) groups excluding carboxylic acids is 1. The number of nitrogens with one attached hydrogen (secondary N) is 1. The Balaban J connectivity index is 1.67. The molecule has 14 nitrogen and oxygen atoms in total. The fourth-order valence-electron chi connectivity index (χ4n) is 11.9. The van der Waals surface area contributed by atoms with Crippen LogP contribution in [-0.2, 0) is 23.7 Å². The van der Waals surface area contributed by atoms with Crippen molar-refractivity contribution in [3.8, 4) is 0 Å². The van der Waals surface area contributed by atoms with Gasteiger partial charge in [0.05, 0.1) is 32.0 Å². The quantitative estimate of drug-likeness (QED) is 0.0204. The molecule has 12 atom stereocenters. The monoisotopic (exact) mass is 1300 g/mol. The van der Waals surface area contributed by atoms with E-state index in [0.717, 1.165) is 116 Å². The lowest BCUT2D eigenvalue weighted by Crippen LogP contribution is -2.65. The van der Waals surface area contributed by atoms with Gasteiger partial charge in [-0.2, -0.15) is 0 Å². The minimum atomic E-state index is -1.79. The predicted octanol–water partition coefficient (Wildman–Crippen LogP) is 16.1. The van der Waals surface area contributed by atoms with Gasteiger partial charge in [0.25, 0.3) is 0 Å². The topological polar surface area (TPSA) is 228 Å². The Morgan fingerprint density at radius 2 is 0.750 bits per heavy atom. The molecule has 92 heavy (non-hydrogen) atoms. The molecule has 2 rings (SSSR count). The highest BCUT2D eigenvalue weighted by Gasteiger charge is 2.51. The molecule has 9 N–H and O–H groups in total. The average Bonchev–Trinajstić information content (AvgIpc) is 0.844. The molecule has 0 bridgehead atoms. The van der Waals surface area contributed by atoms with E-state index in [1.165, 1.54) is 148 Å². The summed E-state index contributed by atoms with van der Waals surface area (Å²) >= 11 is 0. The summed E-state index contributed by atoms with van der Waals surface area (Å²) in [5.74, 6) is -0.221. The highest BCUT2D eigenvalue weighted by atomic mass is 16.7. The van der Waals surface area contributed by atoms with E-state index < -0.39 is 86.8 Å². The van der Waals surface area contributed by atoms with E-state index >= 15 is 0 Å². The maximum atomic E-state index is 13.4. The summed E-state index contributed by atoms with van der Waals surface area (Å²) in [7, 11) is 0. The van der Waals surface area contributed by atoms with Gasteiger partial charge in [-0.1, -0.05) is 310 Å². The third-order valence-electron chi connectivity index (χ3n) is 17.8. The first-order chi connectivity index (χ1) is 45.1. The van der Waals surface area contributed by atoms with Crippen LogP contribution in [0.5, 0.6) is 0 Å². The van der Waals surface area contributed by atoms with Crippen molar-refractivity contribution in [1.29, 1.82) is 0 Å². The highest BCUT2D eigenvalue weighted by molar-refractivity contribution is 5.76. The van der Waals surface area contributed by atoms with Crippen molar-refractivity contribution in [2.75, 3.05) is 19.8 Å². The molecule has 2 fully saturated rings. The number of rotatable bonds is 61. The Labute approximate surface area is 560 Å². The Morgan fingerprint density at radius 3 is 1.15 bits per heavy atom. The van der Waals surface area contributed by atoms with Gasteiger partial charge in [0.2, 0.25) is 5.91 Å². The fourth-order valence-corrected chi connectivity index (χ4v) is 11.9. The molecule has 0 aromatic carbocycles. The molecule has 1 amide bonds. The Morgan fingerprint density at radius 1 is 0.402 bits per heavy atom. The molecule has 2 aliphatic heterocycles. The van der Waals surface area contributed by atoms with Gasteiger partial charge in [-0.15, -0.1) is 0 Å². The van der Waals surface area contributed by atoms with Crippen molar-refractivity contribution in [2.45, 2.75) is 370 Å². The minimum Gasteiger partial charge on any atom is -0.394 e. The Bertz CT molecular complexity index is 1920. The lowest BCUT2D eigenvalue weighted by Gasteiger charge is -2.46. The number of hydrogen-bond donors (Lipinski definition) is 9. The normalized spacial score (nSPS) is 23.2. The molecule has 2 aliphatic rings. The van der Waals surface area contributed by atoms with Crippen LogP contribution in [-0.4, -0.2) is 140 Å². The Kier molecular flexibility index (Phi) is 56.8. The molecule has 12 unspecified atom stereocenters. The number of carbonyl (C=O) groups is 1. The zero-order chi connectivity index (χ0) is 66.6. The van der Waals surface area contributed by atoms with Crippen LogP contribution in [0, 0.1) is 0 Å². The third kappa shape index (κ3) is 44.6. The van der Waals surface area contributed by atoms with Crippen molar-refractivity contribution in [3.05, 3.63) is 97.2 Å². The minimum absolute atomic E-state index is 0.221. The largest absolute Gasteiger partial charge is 0.394 e. The van der Waals surface area contributed by atoms with Crippen molar-refractivity contribution in [2.24, 2.45) is 0 Å². The van der Waals surface area contributed by atoms with Crippen LogP contribution < -0.4 is 5.32 Å². The van der Waals surface area contributed by atoms with Crippen LogP contribution in [0.3, 0.4) is 0 Å². The molecule has 0 aromatic rings. The molecular formula is C78H137NO13. The van der Waals surface area contributed by atoms with Gasteiger partial charge < -0.3 is 65.1 Å². The summed E-state index contributed by atoms with van der Waals surface area (Å²) in [5.41, 5.74) is 0. The first-order valence-corrected chi connectivity index (χ1v) is 37.5. The van der Waals surface area contributed by atoms with Gasteiger partial charge in [0.1, 0.15) is 48.8 Å². The van der Waals surface area contributed by atoms with Gasteiger partial charge in [0, 0.05) is 6.42 Å². The molecule has 0 aliphatic carbocycles. The maximum absolute atomic E-state index is 13.4. The summed E-state index contributed by atoms with van der Waals surface area (Å²) in [5, 5.41) is 87.8. The van der Waals surface area contributed by atoms with Gasteiger partial charge in [-0.25, -0.2) is 0 Å². The Hall–Kier alpha value is -3.09. The van der Waals surface area contributed by atoms with Gasteiger partial charge >= 0.3 is 0 Å². The summed E-state index contributed by atoms with van der Waals surface area (Å²) < 4.78 is 22.9. The predicted molar refractivity (Wildman–Crippen MR) is 378 cm³/mol. The van der Waals surface area contributed by atoms with Crippen LogP contribution in [0.4, 0.5) is 0 Å². The van der Waals surface area contributed by atoms with Crippen LogP contribution in [0.25, 0.3) is 0 Å². The number of unbranched alkanes of at least 4 members (excludes halogenated alkanes) is 32. The number of aliphatic hydroxyl groups is 8. The van der Waals surface area contributed by atoms with E-state index in [1.807, 2.05) is 0 Å². The molecule has 532 valence electrons. The highest BCUT2D eigenvalue weighted by Crippen LogP contribution is 2.30. The number of amides is 1. The van der Waals surface area contributed by atoms with Crippen LogP contribution in [0.2, 0.25) is 0 Å². The zero-order valence-corrected chi connectivity index (χ0v) is 58.0. The molecule has 0 saturated carbocycles. The van der Waals surface area contributed by atoms with Gasteiger partial charge in [0.15, 0.2) is 12.6 Å². The van der Waals surface area contributed by atoms with Crippen LogP contribution in [0.15, 0.2) is 97.2 Å². The summed E-state index contributed by atoms with van der Waals surface area (Å²) in [6.07, 6.45) is 69.9. The molecule has 0 aromatic heterocycles. The second kappa shape index (κ2) is 61.5. The van der Waals surface area contributed by atoms with E-state index in [2.05, 4.69) is 116 Å². The third-order valence-corrected chi connectivity index (χ3v) is 17.8. The standard InChI is InChI=1S/C78H137NO13/c1-3-5-7-9-11-13-15-17-19-21-23-25-27-29-31-32-33-34-36-38-40-42-44-46-48-50-52-54-56-58-60-62-70(83)79-66(65-89-77-75(88)73(86)76(69(64-81)91-77)92-78-74(87)72(85)71(84)68(63-80)90-78)67(82)61-59-57-55-53-51-49-47-45-43-41-39-37-35-30-28-26-24-22-20-18-16-14-12-10-8-6-4-2/h5,7,11,13,17,19,23,25,29,31,33-34,38,40,44,46,66-69,71-78,80-82,84-88H,3-4,6,8-10,12,14-16,18,20-22,24,26-28,30,32,35-37,39,41-43,45,47-65H2,1-2H3,(H,79,83)/b7-5-,13-11-,19-17-,25-23-,31-29-,34-33-,40-38-,46-44-. The van der Waals surface area contributed by atoms with Gasteiger partial charge in [-0.05, 0) is 77.0 Å². The van der Waals surface area contributed by atoms with Crippen molar-refractivity contribution in [3.63, 3.8) is 0 Å². The fraction of sp³-hybridized carbons (Fsp3) is 0.782. The van der Waals surface area contributed by atoms with Crippen molar-refractivity contribution < 1.29 is 64.6 Å². The summed E-state index contributed by atoms with van der Waals surface area (Å²) in [6, 6.07) is -0.846. The smallest absolute Gasteiger partial charge is 0.220 e. The second-order valence-corrected chi connectivity index (χ2v) is 26.0. The SMILES string of the molecule is CC/C=C\C/C=C\C/C=C\C/C=C\C/C=C\C/C=C\C/C=C\C/C=C\CCCCCCCCC(=O)NC(COC1OC(CO)C(OC2OC(CO)C(O)C(O)C2O)C(O)C1O)C(O)CCCCCCCCCCCCCCCCCCCCCCCCCCCCC. The number of ether oxygens (including phenoxy) is 4. The molecule has 0 radical (unpaired) electrons. The molecule has 2 saturated heterocycles. The van der Waals surface area contributed by atoms with E-state index in [4.69, 9.17) is 18.9 Å². The van der Waals surface area contributed by atoms with Crippen LogP contribution in [0.1, 0.15) is 296 Å². The second-order valence-electron chi connectivity index (χ2n) is 26.0. The number of allylic oxidation sites excluding steroid dienone is 16. The van der Waals surface area contributed by atoms with Crippen molar-refractivity contribution in [1.82, 2.24) is 5.32 Å². The molecule has 2 heterocycles. The first-order valence-electron chi connectivity index (χ1n) is 37.5. The molecule has 0 spiro atoms. The summed E-state index contributed by atoms with van der Waals surface area (Å²) in [6.45, 7) is 2.77. The van der Waals surface area contributed by atoms with E-state index in [1.54, 1.807) is 0 Å². The van der Waals surface area contributed by atoms with Crippen molar-refractivity contribution >= 4 is 5.91 Å². The zero-order valence-electron chi connectivity index (χ0n) is 58.0. The molecule has 14 heteroatoms. The summed E-state index contributed by atoms with van der Waals surface area (Å²) in [4.78, 5) is 13.4. The van der Waals surface area contributed by atoms with Gasteiger partial charge in [-0.3, -0.25) is 4.79 Å².